The molecule has 0 aliphatic carbocycles. The van der Waals surface area contributed by atoms with Crippen LogP contribution in [0.4, 0.5) is 0 Å². The molecule has 0 atom stereocenters. The van der Waals surface area contributed by atoms with E-state index in [-0.39, 0.29) is 5.56 Å². The number of methoxy groups -OCH3 is 2. The Bertz CT molecular complexity index is 1030. The highest BCUT2D eigenvalue weighted by atomic mass is 79.9. The lowest BCUT2D eigenvalue weighted by Gasteiger charge is -2.09. The second kappa shape index (κ2) is 7.11. The van der Waals surface area contributed by atoms with Crippen LogP contribution in [0.3, 0.4) is 0 Å². The number of fused-ring (bicyclic) bond motifs is 1. The molecule has 0 spiro atoms. The Hall–Kier alpha value is -2.60. The van der Waals surface area contributed by atoms with Crippen LogP contribution in [0.25, 0.3) is 23.2 Å². The molecule has 3 aromatic rings. The van der Waals surface area contributed by atoms with Crippen molar-refractivity contribution in [3.05, 3.63) is 62.6 Å². The van der Waals surface area contributed by atoms with Gasteiger partial charge in [-0.25, -0.2) is 4.98 Å². The van der Waals surface area contributed by atoms with Crippen molar-refractivity contribution in [2.75, 3.05) is 14.2 Å². The first-order valence-corrected chi connectivity index (χ1v) is 8.41. The number of rotatable bonds is 4. The maximum absolute atomic E-state index is 12.8. The van der Waals surface area contributed by atoms with Crippen LogP contribution in [0, 0.1) is 6.92 Å². The van der Waals surface area contributed by atoms with Crippen LogP contribution in [0.2, 0.25) is 0 Å². The molecule has 6 heteroatoms. The van der Waals surface area contributed by atoms with Crippen LogP contribution in [-0.4, -0.2) is 23.8 Å². The predicted octanol–water partition coefficient (Wildman–Crippen LogP) is 4.11. The van der Waals surface area contributed by atoms with E-state index in [1.807, 2.05) is 30.3 Å². The van der Waals surface area contributed by atoms with E-state index in [0.29, 0.717) is 28.2 Å². The molecule has 128 valence electrons. The van der Waals surface area contributed by atoms with E-state index < -0.39 is 0 Å². The lowest BCUT2D eigenvalue weighted by molar-refractivity contribution is 0.394. The Morgan fingerprint density at radius 2 is 1.92 bits per heavy atom. The van der Waals surface area contributed by atoms with Crippen LogP contribution in [-0.2, 0) is 0 Å². The van der Waals surface area contributed by atoms with E-state index in [1.165, 1.54) is 4.57 Å². The number of aromatic nitrogens is 2. The minimum atomic E-state index is -0.118. The predicted molar refractivity (Wildman–Crippen MR) is 103 cm³/mol. The van der Waals surface area contributed by atoms with E-state index in [4.69, 9.17) is 9.47 Å². The fourth-order valence-electron chi connectivity index (χ4n) is 2.57. The van der Waals surface area contributed by atoms with Gasteiger partial charge >= 0.3 is 0 Å². The molecular weight excluding hydrogens is 384 g/mol. The van der Waals surface area contributed by atoms with Gasteiger partial charge in [-0.05, 0) is 43.3 Å². The molecule has 0 fully saturated rings. The highest BCUT2D eigenvalue weighted by molar-refractivity contribution is 9.10. The van der Waals surface area contributed by atoms with Crippen LogP contribution < -0.4 is 15.0 Å². The van der Waals surface area contributed by atoms with Crippen LogP contribution >= 0.6 is 15.9 Å². The molecule has 0 saturated heterocycles. The molecule has 1 heterocycles. The lowest BCUT2D eigenvalue weighted by atomic mass is 10.2. The van der Waals surface area contributed by atoms with Gasteiger partial charge in [-0.1, -0.05) is 15.9 Å². The Labute approximate surface area is 153 Å². The van der Waals surface area contributed by atoms with Gasteiger partial charge < -0.3 is 9.47 Å². The van der Waals surface area contributed by atoms with Crippen molar-refractivity contribution in [3.63, 3.8) is 0 Å². The molecule has 3 rings (SSSR count). The van der Waals surface area contributed by atoms with Gasteiger partial charge in [0.05, 0.1) is 25.1 Å². The molecule has 1 aromatic heterocycles. The number of halogens is 1. The van der Waals surface area contributed by atoms with Crippen molar-refractivity contribution in [1.29, 1.82) is 0 Å². The van der Waals surface area contributed by atoms with Gasteiger partial charge in [0.1, 0.15) is 17.3 Å². The SMILES string of the molecule is COc1ccc(/C=C/n2c(C)nc3ccc(Br)cc3c2=O)c(OC)c1. The first kappa shape index (κ1) is 17.2. The summed E-state index contributed by atoms with van der Waals surface area (Å²) in [7, 11) is 3.20. The van der Waals surface area contributed by atoms with E-state index in [9.17, 15) is 4.79 Å². The quantitative estimate of drug-likeness (QED) is 0.660. The van der Waals surface area contributed by atoms with Gasteiger partial charge in [0.2, 0.25) is 0 Å². The summed E-state index contributed by atoms with van der Waals surface area (Å²) >= 11 is 3.40. The molecule has 2 aromatic carbocycles. The fraction of sp³-hybridized carbons (Fsp3) is 0.158. The second-order valence-corrected chi connectivity index (χ2v) is 6.33. The minimum Gasteiger partial charge on any atom is -0.497 e. The molecule has 0 radical (unpaired) electrons. The maximum atomic E-state index is 12.8. The zero-order chi connectivity index (χ0) is 18.0. The summed E-state index contributed by atoms with van der Waals surface area (Å²) in [5.41, 5.74) is 1.40. The number of ether oxygens (including phenoxy) is 2. The van der Waals surface area contributed by atoms with Gasteiger partial charge in [-0.2, -0.15) is 0 Å². The third-order valence-electron chi connectivity index (χ3n) is 3.88. The molecule has 0 saturated carbocycles. The van der Waals surface area contributed by atoms with Crippen molar-refractivity contribution in [2.45, 2.75) is 6.92 Å². The van der Waals surface area contributed by atoms with Crippen molar-refractivity contribution < 1.29 is 9.47 Å². The zero-order valence-corrected chi connectivity index (χ0v) is 15.7. The summed E-state index contributed by atoms with van der Waals surface area (Å²) < 4.78 is 12.9. The monoisotopic (exact) mass is 400 g/mol. The number of nitrogens with zero attached hydrogens (tertiary/aromatic N) is 2. The van der Waals surface area contributed by atoms with Crippen molar-refractivity contribution >= 4 is 39.1 Å². The Kier molecular flexibility index (Phi) is 4.90. The van der Waals surface area contributed by atoms with E-state index in [0.717, 1.165) is 10.0 Å². The molecule has 5 nitrogen and oxygen atoms in total. The highest BCUT2D eigenvalue weighted by Crippen LogP contribution is 2.25. The Balaban J connectivity index is 2.09. The Morgan fingerprint density at radius 3 is 2.64 bits per heavy atom. The van der Waals surface area contributed by atoms with Gasteiger partial charge in [-0.3, -0.25) is 9.36 Å². The largest absolute Gasteiger partial charge is 0.497 e. The van der Waals surface area contributed by atoms with E-state index >= 15 is 0 Å². The molecule has 0 N–H and O–H groups in total. The first-order valence-electron chi connectivity index (χ1n) is 7.62. The third kappa shape index (κ3) is 3.44. The normalized spacial score (nSPS) is 11.2. The van der Waals surface area contributed by atoms with E-state index in [2.05, 4.69) is 20.9 Å². The summed E-state index contributed by atoms with van der Waals surface area (Å²) in [6.07, 6.45) is 3.52. The smallest absolute Gasteiger partial charge is 0.265 e. The van der Waals surface area contributed by atoms with Gasteiger partial charge in [-0.15, -0.1) is 0 Å². The average molecular weight is 401 g/mol. The van der Waals surface area contributed by atoms with Crippen LogP contribution in [0.5, 0.6) is 11.5 Å². The third-order valence-corrected chi connectivity index (χ3v) is 4.38. The van der Waals surface area contributed by atoms with Crippen LogP contribution in [0.15, 0.2) is 45.7 Å². The highest BCUT2D eigenvalue weighted by Gasteiger charge is 2.07. The summed E-state index contributed by atoms with van der Waals surface area (Å²) in [5.74, 6) is 1.99. The fourth-order valence-corrected chi connectivity index (χ4v) is 2.93. The topological polar surface area (TPSA) is 53.4 Å². The summed E-state index contributed by atoms with van der Waals surface area (Å²) in [6, 6.07) is 11.0. The average Bonchev–Trinajstić information content (AvgIpc) is 2.62. The first-order chi connectivity index (χ1) is 12.0. The zero-order valence-electron chi connectivity index (χ0n) is 14.1. The van der Waals surface area contributed by atoms with Gasteiger partial charge in [0, 0.05) is 22.3 Å². The van der Waals surface area contributed by atoms with Crippen molar-refractivity contribution in [1.82, 2.24) is 9.55 Å². The second-order valence-electron chi connectivity index (χ2n) is 5.42. The lowest BCUT2D eigenvalue weighted by Crippen LogP contribution is -2.19. The summed E-state index contributed by atoms with van der Waals surface area (Å²) in [4.78, 5) is 17.3. The van der Waals surface area contributed by atoms with Gasteiger partial charge in [0.15, 0.2) is 0 Å². The van der Waals surface area contributed by atoms with Crippen molar-refractivity contribution in [2.24, 2.45) is 0 Å². The molecule has 25 heavy (non-hydrogen) atoms. The molecule has 0 aliphatic heterocycles. The van der Waals surface area contributed by atoms with Gasteiger partial charge in [0.25, 0.3) is 5.56 Å². The number of hydrogen-bond acceptors (Lipinski definition) is 4. The molecule has 0 amide bonds. The molecule has 0 unspecified atom stereocenters. The summed E-state index contributed by atoms with van der Waals surface area (Å²) in [6.45, 7) is 1.80. The molecular formula is C19H17BrN2O3. The molecule has 0 bridgehead atoms. The summed E-state index contributed by atoms with van der Waals surface area (Å²) in [5, 5.41) is 0.561. The Morgan fingerprint density at radius 1 is 1.12 bits per heavy atom. The number of hydrogen-bond donors (Lipinski definition) is 0. The number of aryl methyl sites for hydroxylation is 1. The van der Waals surface area contributed by atoms with Crippen molar-refractivity contribution in [3.8, 4) is 11.5 Å². The van der Waals surface area contributed by atoms with Crippen LogP contribution in [0.1, 0.15) is 11.4 Å². The van der Waals surface area contributed by atoms with E-state index in [1.54, 1.807) is 39.5 Å². The maximum Gasteiger partial charge on any atom is 0.265 e. The standard InChI is InChI=1S/C19H17BrN2O3/c1-12-21-17-7-5-14(20)10-16(17)19(23)22(12)9-8-13-4-6-15(24-2)11-18(13)25-3/h4-11H,1-3H3/b9-8+. The molecule has 0 aliphatic rings. The number of benzene rings is 2. The minimum absolute atomic E-state index is 0.118.